The number of hydrogen-bond acceptors (Lipinski definition) is 4. The average Bonchev–Trinajstić information content (AvgIpc) is 2.87. The Hall–Kier alpha value is -1.65. The van der Waals surface area contributed by atoms with Crippen molar-refractivity contribution in [3.05, 3.63) is 29.9 Å². The minimum atomic E-state index is 0.297. The Morgan fingerprint density at radius 1 is 1.44 bits per heavy atom. The van der Waals surface area contributed by atoms with Crippen molar-refractivity contribution < 1.29 is 4.52 Å². The Morgan fingerprint density at radius 3 is 2.88 bits per heavy atom. The second-order valence-corrected chi connectivity index (χ2v) is 4.03. The van der Waals surface area contributed by atoms with E-state index in [1.165, 1.54) is 0 Å². The molecular formula is C11H16N4O. The molecule has 0 saturated heterocycles. The van der Waals surface area contributed by atoms with Crippen LogP contribution in [-0.2, 0) is 13.0 Å². The van der Waals surface area contributed by atoms with Crippen molar-refractivity contribution in [3.8, 4) is 0 Å². The number of nitrogens with zero attached hydrogens (tertiary/aromatic N) is 4. The van der Waals surface area contributed by atoms with Gasteiger partial charge in [-0.1, -0.05) is 25.9 Å². The highest BCUT2D eigenvalue weighted by molar-refractivity contribution is 4.97. The lowest BCUT2D eigenvalue weighted by Gasteiger charge is -2.01. The first-order valence-electron chi connectivity index (χ1n) is 5.53. The zero-order chi connectivity index (χ0) is 11.5. The molecule has 0 amide bonds. The summed E-state index contributed by atoms with van der Waals surface area (Å²) in [6, 6.07) is 0. The summed E-state index contributed by atoms with van der Waals surface area (Å²) in [5.74, 6) is 2.72. The maximum Gasteiger partial charge on any atom is 0.246 e. The summed E-state index contributed by atoms with van der Waals surface area (Å²) in [6.07, 6.45) is 4.62. The van der Waals surface area contributed by atoms with Gasteiger partial charge in [0.1, 0.15) is 12.4 Å². The first-order valence-corrected chi connectivity index (χ1v) is 5.53. The molecule has 5 nitrogen and oxygen atoms in total. The van der Waals surface area contributed by atoms with Crippen molar-refractivity contribution in [2.24, 2.45) is 0 Å². The van der Waals surface area contributed by atoms with Gasteiger partial charge < -0.3 is 9.09 Å². The topological polar surface area (TPSA) is 56.7 Å². The van der Waals surface area contributed by atoms with E-state index in [2.05, 4.69) is 22.0 Å². The third-order valence-electron chi connectivity index (χ3n) is 2.42. The fraction of sp³-hybridized carbons (Fsp3) is 0.545. The van der Waals surface area contributed by atoms with Crippen molar-refractivity contribution in [2.75, 3.05) is 0 Å². The monoisotopic (exact) mass is 220 g/mol. The van der Waals surface area contributed by atoms with Gasteiger partial charge in [0.15, 0.2) is 5.82 Å². The molecule has 0 bridgehead atoms. The largest absolute Gasteiger partial charge is 0.337 e. The number of imidazole rings is 1. The molecule has 0 atom stereocenters. The predicted octanol–water partition coefficient (Wildman–Crippen LogP) is 2.00. The normalized spacial score (nSPS) is 11.2. The lowest BCUT2D eigenvalue weighted by Crippen LogP contribution is -2.03. The molecule has 0 aliphatic rings. The fourth-order valence-corrected chi connectivity index (χ4v) is 1.51. The molecule has 2 rings (SSSR count). The SMILES string of the molecule is CCc1nccn1Cc1nc(C(C)C)no1. The van der Waals surface area contributed by atoms with Gasteiger partial charge >= 0.3 is 0 Å². The molecule has 2 heterocycles. The summed E-state index contributed by atoms with van der Waals surface area (Å²) in [5.41, 5.74) is 0. The maximum atomic E-state index is 5.19. The Bertz CT molecular complexity index is 458. The van der Waals surface area contributed by atoms with Crippen LogP contribution in [-0.4, -0.2) is 19.7 Å². The number of aryl methyl sites for hydroxylation is 1. The van der Waals surface area contributed by atoms with Gasteiger partial charge in [0.2, 0.25) is 5.89 Å². The Kier molecular flexibility index (Phi) is 3.03. The minimum absolute atomic E-state index is 0.297. The molecule has 0 spiro atoms. The predicted molar refractivity (Wildman–Crippen MR) is 59.1 cm³/mol. The smallest absolute Gasteiger partial charge is 0.246 e. The van der Waals surface area contributed by atoms with E-state index >= 15 is 0 Å². The van der Waals surface area contributed by atoms with Crippen molar-refractivity contribution in [2.45, 2.75) is 39.7 Å². The van der Waals surface area contributed by atoms with E-state index < -0.39 is 0 Å². The fourth-order valence-electron chi connectivity index (χ4n) is 1.51. The van der Waals surface area contributed by atoms with Gasteiger partial charge in [-0.3, -0.25) is 0 Å². The minimum Gasteiger partial charge on any atom is -0.337 e. The molecule has 0 N–H and O–H groups in total. The molecular weight excluding hydrogens is 204 g/mol. The molecule has 0 aliphatic heterocycles. The lowest BCUT2D eigenvalue weighted by molar-refractivity contribution is 0.363. The van der Waals surface area contributed by atoms with Crippen LogP contribution in [0.4, 0.5) is 0 Å². The molecule has 0 aliphatic carbocycles. The summed E-state index contributed by atoms with van der Waals surface area (Å²) in [4.78, 5) is 8.58. The van der Waals surface area contributed by atoms with E-state index in [4.69, 9.17) is 4.52 Å². The first kappa shape index (κ1) is 10.9. The van der Waals surface area contributed by atoms with Crippen LogP contribution in [0.15, 0.2) is 16.9 Å². The van der Waals surface area contributed by atoms with Crippen LogP contribution in [0.25, 0.3) is 0 Å². The average molecular weight is 220 g/mol. The summed E-state index contributed by atoms with van der Waals surface area (Å²) >= 11 is 0. The standard InChI is InChI=1S/C11H16N4O/c1-4-9-12-5-6-15(9)7-10-13-11(8(2)3)14-16-10/h5-6,8H,4,7H2,1-3H3. The molecule has 5 heteroatoms. The summed E-state index contributed by atoms with van der Waals surface area (Å²) in [6.45, 7) is 6.77. The van der Waals surface area contributed by atoms with Crippen LogP contribution in [0.3, 0.4) is 0 Å². The van der Waals surface area contributed by atoms with Crippen LogP contribution in [0.5, 0.6) is 0 Å². The van der Waals surface area contributed by atoms with Crippen LogP contribution in [0, 0.1) is 0 Å². The third kappa shape index (κ3) is 2.13. The Balaban J connectivity index is 2.14. The van der Waals surface area contributed by atoms with Crippen molar-refractivity contribution in [3.63, 3.8) is 0 Å². The van der Waals surface area contributed by atoms with E-state index in [0.29, 0.717) is 18.4 Å². The first-order chi connectivity index (χ1) is 7.70. The Morgan fingerprint density at radius 2 is 2.25 bits per heavy atom. The zero-order valence-corrected chi connectivity index (χ0v) is 9.84. The van der Waals surface area contributed by atoms with Crippen molar-refractivity contribution in [1.29, 1.82) is 0 Å². The molecule has 0 unspecified atom stereocenters. The highest BCUT2D eigenvalue weighted by atomic mass is 16.5. The summed E-state index contributed by atoms with van der Waals surface area (Å²) < 4.78 is 7.21. The highest BCUT2D eigenvalue weighted by Crippen LogP contribution is 2.11. The molecule has 2 aromatic heterocycles. The molecule has 0 fully saturated rings. The van der Waals surface area contributed by atoms with Gasteiger partial charge in [0, 0.05) is 24.7 Å². The van der Waals surface area contributed by atoms with E-state index in [1.54, 1.807) is 6.20 Å². The third-order valence-corrected chi connectivity index (χ3v) is 2.42. The number of hydrogen-bond donors (Lipinski definition) is 0. The quantitative estimate of drug-likeness (QED) is 0.790. The number of rotatable bonds is 4. The molecule has 0 saturated carbocycles. The van der Waals surface area contributed by atoms with Gasteiger partial charge in [-0.15, -0.1) is 0 Å². The van der Waals surface area contributed by atoms with Crippen molar-refractivity contribution in [1.82, 2.24) is 19.7 Å². The zero-order valence-electron chi connectivity index (χ0n) is 9.84. The van der Waals surface area contributed by atoms with E-state index in [0.717, 1.165) is 18.1 Å². The van der Waals surface area contributed by atoms with Gasteiger partial charge in [-0.05, 0) is 0 Å². The lowest BCUT2D eigenvalue weighted by atomic mass is 10.2. The van der Waals surface area contributed by atoms with Gasteiger partial charge in [-0.25, -0.2) is 4.98 Å². The van der Waals surface area contributed by atoms with Crippen molar-refractivity contribution >= 4 is 0 Å². The van der Waals surface area contributed by atoms with Crippen LogP contribution in [0.1, 0.15) is 44.2 Å². The molecule has 86 valence electrons. The van der Waals surface area contributed by atoms with E-state index in [9.17, 15) is 0 Å². The second-order valence-electron chi connectivity index (χ2n) is 4.03. The van der Waals surface area contributed by atoms with Gasteiger partial charge in [0.05, 0.1) is 0 Å². The molecule has 0 aromatic carbocycles. The number of aromatic nitrogens is 4. The van der Waals surface area contributed by atoms with E-state index in [1.807, 2.05) is 24.6 Å². The maximum absolute atomic E-state index is 5.19. The van der Waals surface area contributed by atoms with Crippen LogP contribution < -0.4 is 0 Å². The Labute approximate surface area is 94.5 Å². The molecule has 16 heavy (non-hydrogen) atoms. The van der Waals surface area contributed by atoms with Gasteiger partial charge in [0.25, 0.3) is 0 Å². The molecule has 0 radical (unpaired) electrons. The van der Waals surface area contributed by atoms with E-state index in [-0.39, 0.29) is 0 Å². The summed E-state index contributed by atoms with van der Waals surface area (Å²) in [5, 5.41) is 3.93. The second kappa shape index (κ2) is 4.47. The van der Waals surface area contributed by atoms with Gasteiger partial charge in [-0.2, -0.15) is 4.98 Å². The highest BCUT2D eigenvalue weighted by Gasteiger charge is 2.10. The molecule has 2 aromatic rings. The summed E-state index contributed by atoms with van der Waals surface area (Å²) in [7, 11) is 0. The van der Waals surface area contributed by atoms with Crippen LogP contribution >= 0.6 is 0 Å². The van der Waals surface area contributed by atoms with Crippen LogP contribution in [0.2, 0.25) is 0 Å².